The van der Waals surface area contributed by atoms with Gasteiger partial charge in [0.15, 0.2) is 0 Å². The van der Waals surface area contributed by atoms with Gasteiger partial charge in [-0.2, -0.15) is 13.2 Å². The van der Waals surface area contributed by atoms with Gasteiger partial charge in [0.1, 0.15) is 0 Å². The summed E-state index contributed by atoms with van der Waals surface area (Å²) in [4.78, 5) is 14.6. The molecule has 0 N–H and O–H groups in total. The summed E-state index contributed by atoms with van der Waals surface area (Å²) in [6.45, 7) is 8.27. The SMILES string of the molecule is CC1(C)OB(c2ccc(N3CCC(c4ccccc4C(F)(F)F)C3=O)cc2)OC1(C)C. The Bertz CT molecular complexity index is 972. The molecule has 31 heavy (non-hydrogen) atoms. The number of anilines is 1. The molecule has 0 aromatic heterocycles. The average molecular weight is 431 g/mol. The van der Waals surface area contributed by atoms with Crippen molar-refractivity contribution in [2.75, 3.05) is 11.4 Å². The van der Waals surface area contributed by atoms with Crippen molar-refractivity contribution in [2.24, 2.45) is 0 Å². The van der Waals surface area contributed by atoms with Crippen molar-refractivity contribution in [1.29, 1.82) is 0 Å². The van der Waals surface area contributed by atoms with Crippen molar-refractivity contribution >= 4 is 24.2 Å². The molecule has 2 heterocycles. The molecular weight excluding hydrogens is 406 g/mol. The van der Waals surface area contributed by atoms with Crippen LogP contribution in [-0.4, -0.2) is 30.8 Å². The van der Waals surface area contributed by atoms with Crippen LogP contribution >= 0.6 is 0 Å². The largest absolute Gasteiger partial charge is 0.494 e. The molecule has 1 atom stereocenters. The zero-order valence-electron chi connectivity index (χ0n) is 18.0. The molecule has 2 aliphatic heterocycles. The highest BCUT2D eigenvalue weighted by Crippen LogP contribution is 2.40. The van der Waals surface area contributed by atoms with Crippen LogP contribution in [0.4, 0.5) is 18.9 Å². The summed E-state index contributed by atoms with van der Waals surface area (Å²) in [7, 11) is -0.514. The predicted octanol–water partition coefficient (Wildman–Crippen LogP) is 4.53. The van der Waals surface area contributed by atoms with E-state index in [0.29, 0.717) is 18.7 Å². The van der Waals surface area contributed by atoms with E-state index in [1.54, 1.807) is 23.1 Å². The maximum atomic E-state index is 13.4. The first-order chi connectivity index (χ1) is 14.4. The minimum atomic E-state index is -4.49. The number of benzene rings is 2. The molecular formula is C23H25BF3NO3. The molecule has 0 bridgehead atoms. The molecule has 2 fully saturated rings. The van der Waals surface area contributed by atoms with Gasteiger partial charge in [0.2, 0.25) is 5.91 Å². The molecule has 4 rings (SSSR count). The summed E-state index contributed by atoms with van der Waals surface area (Å²) in [6.07, 6.45) is -4.15. The standard InChI is InChI=1S/C23H25BF3NO3/c1-21(2)22(3,4)31-24(30-21)15-9-11-16(12-10-15)28-14-13-18(20(28)29)17-7-5-6-8-19(17)23(25,26)27/h5-12,18H,13-14H2,1-4H3. The molecule has 1 unspecified atom stereocenters. The van der Waals surface area contributed by atoms with Gasteiger partial charge in [-0.05, 0) is 63.3 Å². The highest BCUT2D eigenvalue weighted by Gasteiger charge is 2.51. The van der Waals surface area contributed by atoms with Crippen LogP contribution in [0.2, 0.25) is 0 Å². The Morgan fingerprint density at radius 1 is 0.968 bits per heavy atom. The Labute approximate surface area is 180 Å². The van der Waals surface area contributed by atoms with Crippen molar-refractivity contribution in [3.05, 3.63) is 59.7 Å². The lowest BCUT2D eigenvalue weighted by molar-refractivity contribution is -0.138. The van der Waals surface area contributed by atoms with Crippen LogP contribution in [0.1, 0.15) is 51.2 Å². The molecule has 164 valence electrons. The van der Waals surface area contributed by atoms with Crippen LogP contribution in [0, 0.1) is 0 Å². The van der Waals surface area contributed by atoms with Crippen LogP contribution in [0.15, 0.2) is 48.5 Å². The summed E-state index contributed by atoms with van der Waals surface area (Å²) in [5, 5.41) is 0. The van der Waals surface area contributed by atoms with Crippen molar-refractivity contribution in [1.82, 2.24) is 0 Å². The normalized spacial score (nSPS) is 22.9. The maximum absolute atomic E-state index is 13.4. The van der Waals surface area contributed by atoms with Gasteiger partial charge in [0.05, 0.1) is 22.7 Å². The van der Waals surface area contributed by atoms with Crippen molar-refractivity contribution < 1.29 is 27.3 Å². The van der Waals surface area contributed by atoms with Gasteiger partial charge < -0.3 is 14.2 Å². The van der Waals surface area contributed by atoms with E-state index >= 15 is 0 Å². The zero-order valence-corrected chi connectivity index (χ0v) is 18.0. The summed E-state index contributed by atoms with van der Waals surface area (Å²) in [5.74, 6) is -1.12. The minimum absolute atomic E-state index is 0.0383. The quantitative estimate of drug-likeness (QED) is 0.671. The number of alkyl halides is 3. The fourth-order valence-corrected chi connectivity index (χ4v) is 4.07. The van der Waals surface area contributed by atoms with E-state index in [-0.39, 0.29) is 11.5 Å². The van der Waals surface area contributed by atoms with E-state index in [0.717, 1.165) is 11.5 Å². The topological polar surface area (TPSA) is 38.8 Å². The average Bonchev–Trinajstić information content (AvgIpc) is 3.17. The highest BCUT2D eigenvalue weighted by molar-refractivity contribution is 6.62. The van der Waals surface area contributed by atoms with Crippen molar-refractivity contribution in [2.45, 2.75) is 57.4 Å². The molecule has 2 aromatic rings. The van der Waals surface area contributed by atoms with Crippen LogP contribution in [0.3, 0.4) is 0 Å². The second kappa shape index (κ2) is 7.38. The predicted molar refractivity (Wildman–Crippen MR) is 113 cm³/mol. The smallest absolute Gasteiger partial charge is 0.399 e. The van der Waals surface area contributed by atoms with Gasteiger partial charge in [0, 0.05) is 12.2 Å². The Morgan fingerprint density at radius 2 is 1.55 bits per heavy atom. The van der Waals surface area contributed by atoms with Gasteiger partial charge in [-0.15, -0.1) is 0 Å². The lowest BCUT2D eigenvalue weighted by Gasteiger charge is -2.32. The molecule has 0 radical (unpaired) electrons. The Balaban J connectivity index is 1.53. The lowest BCUT2D eigenvalue weighted by Crippen LogP contribution is -2.41. The number of carbonyl (C=O) groups is 1. The molecule has 8 heteroatoms. The first kappa shape index (κ1) is 21.9. The number of hydrogen-bond acceptors (Lipinski definition) is 3. The third-order valence-corrected chi connectivity index (χ3v) is 6.58. The summed E-state index contributed by atoms with van der Waals surface area (Å²) >= 11 is 0. The van der Waals surface area contributed by atoms with Gasteiger partial charge in [-0.1, -0.05) is 30.3 Å². The molecule has 4 nitrogen and oxygen atoms in total. The van der Waals surface area contributed by atoms with Crippen LogP contribution in [0.5, 0.6) is 0 Å². The van der Waals surface area contributed by atoms with Gasteiger partial charge in [-0.25, -0.2) is 0 Å². The monoisotopic (exact) mass is 431 g/mol. The highest BCUT2D eigenvalue weighted by atomic mass is 19.4. The van der Waals surface area contributed by atoms with Crippen LogP contribution < -0.4 is 10.4 Å². The zero-order chi connectivity index (χ0) is 22.6. The third-order valence-electron chi connectivity index (χ3n) is 6.58. The van der Waals surface area contributed by atoms with E-state index in [9.17, 15) is 18.0 Å². The van der Waals surface area contributed by atoms with Gasteiger partial charge in [0.25, 0.3) is 0 Å². The molecule has 0 aliphatic carbocycles. The molecule has 2 aromatic carbocycles. The Kier molecular flexibility index (Phi) is 5.21. The van der Waals surface area contributed by atoms with E-state index in [1.807, 2.05) is 39.8 Å². The number of carbonyl (C=O) groups excluding carboxylic acids is 1. The molecule has 0 saturated carbocycles. The van der Waals surface area contributed by atoms with E-state index in [1.165, 1.54) is 12.1 Å². The van der Waals surface area contributed by atoms with E-state index < -0.39 is 36.0 Å². The lowest BCUT2D eigenvalue weighted by atomic mass is 9.79. The summed E-state index contributed by atoms with van der Waals surface area (Å²) in [5.41, 5.74) is -0.145. The second-order valence-electron chi connectivity index (χ2n) is 9.10. The first-order valence-electron chi connectivity index (χ1n) is 10.3. The fourth-order valence-electron chi connectivity index (χ4n) is 4.07. The third kappa shape index (κ3) is 3.87. The number of nitrogens with zero attached hydrogens (tertiary/aromatic N) is 1. The van der Waals surface area contributed by atoms with Crippen molar-refractivity contribution in [3.8, 4) is 0 Å². The first-order valence-corrected chi connectivity index (χ1v) is 10.3. The number of hydrogen-bond donors (Lipinski definition) is 0. The molecule has 2 saturated heterocycles. The van der Waals surface area contributed by atoms with E-state index in [2.05, 4.69) is 0 Å². The van der Waals surface area contributed by atoms with Gasteiger partial charge >= 0.3 is 13.3 Å². The van der Waals surface area contributed by atoms with Gasteiger partial charge in [-0.3, -0.25) is 4.79 Å². The van der Waals surface area contributed by atoms with Crippen molar-refractivity contribution in [3.63, 3.8) is 0 Å². The maximum Gasteiger partial charge on any atom is 0.494 e. The molecule has 2 aliphatic rings. The van der Waals surface area contributed by atoms with Crippen LogP contribution in [-0.2, 0) is 20.3 Å². The van der Waals surface area contributed by atoms with Crippen LogP contribution in [0.25, 0.3) is 0 Å². The number of amides is 1. The Morgan fingerprint density at radius 3 is 2.13 bits per heavy atom. The summed E-state index contributed by atoms with van der Waals surface area (Å²) in [6, 6.07) is 12.6. The molecule has 0 spiro atoms. The Hall–Kier alpha value is -2.32. The second-order valence-corrected chi connectivity index (χ2v) is 9.10. The summed E-state index contributed by atoms with van der Waals surface area (Å²) < 4.78 is 52.3. The molecule has 1 amide bonds. The fraction of sp³-hybridized carbons (Fsp3) is 0.435. The minimum Gasteiger partial charge on any atom is -0.399 e. The van der Waals surface area contributed by atoms with E-state index in [4.69, 9.17) is 9.31 Å². The number of halogens is 3. The number of rotatable bonds is 3.